The number of rotatable bonds is 4. The SMILES string of the molecule is COc1ccccc1CC(=O)N1CCOCC1c1ccccc1. The molecule has 1 heterocycles. The van der Waals surface area contributed by atoms with Crippen LogP contribution in [0.4, 0.5) is 0 Å². The van der Waals surface area contributed by atoms with Gasteiger partial charge in [0.2, 0.25) is 5.91 Å². The van der Waals surface area contributed by atoms with Crippen molar-refractivity contribution in [2.45, 2.75) is 12.5 Å². The van der Waals surface area contributed by atoms with Crippen molar-refractivity contribution in [1.82, 2.24) is 4.90 Å². The van der Waals surface area contributed by atoms with Crippen LogP contribution in [0.5, 0.6) is 5.75 Å². The molecule has 1 aliphatic rings. The molecule has 0 radical (unpaired) electrons. The number of benzene rings is 2. The molecule has 0 aromatic heterocycles. The lowest BCUT2D eigenvalue weighted by Gasteiger charge is -2.36. The van der Waals surface area contributed by atoms with E-state index in [2.05, 4.69) is 0 Å². The van der Waals surface area contributed by atoms with Crippen molar-refractivity contribution in [1.29, 1.82) is 0 Å². The van der Waals surface area contributed by atoms with Gasteiger partial charge in [-0.2, -0.15) is 0 Å². The Morgan fingerprint density at radius 1 is 1.17 bits per heavy atom. The van der Waals surface area contributed by atoms with Crippen molar-refractivity contribution in [3.05, 3.63) is 65.7 Å². The molecule has 2 aromatic carbocycles. The van der Waals surface area contributed by atoms with Crippen molar-refractivity contribution in [2.75, 3.05) is 26.9 Å². The molecule has 1 saturated heterocycles. The largest absolute Gasteiger partial charge is 0.496 e. The lowest BCUT2D eigenvalue weighted by molar-refractivity contribution is -0.139. The van der Waals surface area contributed by atoms with Crippen LogP contribution in [0, 0.1) is 0 Å². The Labute approximate surface area is 136 Å². The molecule has 1 atom stereocenters. The third-order valence-corrected chi connectivity index (χ3v) is 4.17. The summed E-state index contributed by atoms with van der Waals surface area (Å²) in [6.45, 7) is 1.75. The molecule has 0 aliphatic carbocycles. The highest BCUT2D eigenvalue weighted by molar-refractivity contribution is 5.80. The fourth-order valence-electron chi connectivity index (χ4n) is 2.97. The normalized spacial score (nSPS) is 17.8. The summed E-state index contributed by atoms with van der Waals surface area (Å²) in [4.78, 5) is 14.8. The number of carbonyl (C=O) groups excluding carboxylic acids is 1. The van der Waals surface area contributed by atoms with Crippen molar-refractivity contribution < 1.29 is 14.3 Å². The topological polar surface area (TPSA) is 38.8 Å². The Hall–Kier alpha value is -2.33. The van der Waals surface area contributed by atoms with E-state index in [4.69, 9.17) is 9.47 Å². The van der Waals surface area contributed by atoms with Crippen molar-refractivity contribution in [2.24, 2.45) is 0 Å². The molecule has 0 bridgehead atoms. The fourth-order valence-corrected chi connectivity index (χ4v) is 2.97. The third-order valence-electron chi connectivity index (χ3n) is 4.17. The molecule has 1 aliphatic heterocycles. The first-order chi connectivity index (χ1) is 11.3. The Bertz CT molecular complexity index is 657. The maximum absolute atomic E-state index is 12.8. The number of hydrogen-bond donors (Lipinski definition) is 0. The first-order valence-corrected chi connectivity index (χ1v) is 7.83. The summed E-state index contributed by atoms with van der Waals surface area (Å²) >= 11 is 0. The zero-order chi connectivity index (χ0) is 16.1. The number of ether oxygens (including phenoxy) is 2. The first-order valence-electron chi connectivity index (χ1n) is 7.83. The van der Waals surface area contributed by atoms with Gasteiger partial charge in [-0.1, -0.05) is 48.5 Å². The van der Waals surface area contributed by atoms with Gasteiger partial charge in [0.25, 0.3) is 0 Å². The summed E-state index contributed by atoms with van der Waals surface area (Å²) in [5.41, 5.74) is 2.03. The van der Waals surface area contributed by atoms with E-state index in [1.165, 1.54) is 0 Å². The van der Waals surface area contributed by atoms with Gasteiger partial charge in [-0.15, -0.1) is 0 Å². The highest BCUT2D eigenvalue weighted by Gasteiger charge is 2.28. The quantitative estimate of drug-likeness (QED) is 0.871. The third kappa shape index (κ3) is 3.54. The first kappa shape index (κ1) is 15.6. The summed E-state index contributed by atoms with van der Waals surface area (Å²) in [5.74, 6) is 0.858. The maximum atomic E-state index is 12.8. The average Bonchev–Trinajstić information content (AvgIpc) is 2.63. The fraction of sp³-hybridized carbons (Fsp3) is 0.316. The number of methoxy groups -OCH3 is 1. The monoisotopic (exact) mass is 311 g/mol. The Balaban J connectivity index is 1.79. The van der Waals surface area contributed by atoms with Crippen LogP contribution in [-0.4, -0.2) is 37.7 Å². The van der Waals surface area contributed by atoms with Gasteiger partial charge in [0.05, 0.1) is 32.8 Å². The second kappa shape index (κ2) is 7.29. The number of para-hydroxylation sites is 1. The van der Waals surface area contributed by atoms with Crippen molar-refractivity contribution in [3.63, 3.8) is 0 Å². The van der Waals surface area contributed by atoms with E-state index in [1.807, 2.05) is 59.5 Å². The molecular formula is C19H21NO3. The van der Waals surface area contributed by atoms with E-state index in [1.54, 1.807) is 7.11 Å². The summed E-state index contributed by atoms with van der Waals surface area (Å²) in [5, 5.41) is 0. The Morgan fingerprint density at radius 2 is 1.91 bits per heavy atom. The smallest absolute Gasteiger partial charge is 0.227 e. The average molecular weight is 311 g/mol. The summed E-state index contributed by atoms with van der Waals surface area (Å²) < 4.78 is 10.9. The number of nitrogens with zero attached hydrogens (tertiary/aromatic N) is 1. The van der Waals surface area contributed by atoms with Crippen molar-refractivity contribution >= 4 is 5.91 Å². The molecule has 120 valence electrons. The van der Waals surface area contributed by atoms with Gasteiger partial charge < -0.3 is 14.4 Å². The molecule has 0 spiro atoms. The molecule has 0 saturated carbocycles. The zero-order valence-electron chi connectivity index (χ0n) is 13.3. The van der Waals surface area contributed by atoms with Crippen LogP contribution in [-0.2, 0) is 16.0 Å². The molecular weight excluding hydrogens is 290 g/mol. The molecule has 1 fully saturated rings. The molecule has 0 N–H and O–H groups in total. The number of morpholine rings is 1. The lowest BCUT2D eigenvalue weighted by Crippen LogP contribution is -2.44. The Morgan fingerprint density at radius 3 is 2.70 bits per heavy atom. The molecule has 1 amide bonds. The van der Waals surface area contributed by atoms with Crippen LogP contribution in [0.2, 0.25) is 0 Å². The van der Waals surface area contributed by atoms with Crippen LogP contribution < -0.4 is 4.74 Å². The number of amides is 1. The van der Waals surface area contributed by atoms with Gasteiger partial charge in [-0.05, 0) is 11.6 Å². The van der Waals surface area contributed by atoms with Crippen LogP contribution >= 0.6 is 0 Å². The van der Waals surface area contributed by atoms with Gasteiger partial charge in [0, 0.05) is 12.1 Å². The number of hydrogen-bond acceptors (Lipinski definition) is 3. The minimum atomic E-state index is -0.0212. The predicted octanol–water partition coefficient (Wildman–Crippen LogP) is 2.84. The van der Waals surface area contributed by atoms with E-state index < -0.39 is 0 Å². The van der Waals surface area contributed by atoms with Gasteiger partial charge in [0.15, 0.2) is 0 Å². The van der Waals surface area contributed by atoms with Crippen LogP contribution in [0.3, 0.4) is 0 Å². The summed E-state index contributed by atoms with van der Waals surface area (Å²) in [6.07, 6.45) is 0.341. The van der Waals surface area contributed by atoms with Gasteiger partial charge in [-0.3, -0.25) is 4.79 Å². The highest BCUT2D eigenvalue weighted by atomic mass is 16.5. The minimum absolute atomic E-state index is 0.0212. The molecule has 4 nitrogen and oxygen atoms in total. The van der Waals surface area contributed by atoms with E-state index >= 15 is 0 Å². The van der Waals surface area contributed by atoms with E-state index in [0.29, 0.717) is 26.2 Å². The van der Waals surface area contributed by atoms with Gasteiger partial charge >= 0.3 is 0 Å². The summed E-state index contributed by atoms with van der Waals surface area (Å²) in [7, 11) is 1.63. The second-order valence-corrected chi connectivity index (χ2v) is 5.58. The van der Waals surface area contributed by atoms with Gasteiger partial charge in [0.1, 0.15) is 5.75 Å². The second-order valence-electron chi connectivity index (χ2n) is 5.58. The molecule has 23 heavy (non-hydrogen) atoms. The minimum Gasteiger partial charge on any atom is -0.496 e. The van der Waals surface area contributed by atoms with Crippen LogP contribution in [0.1, 0.15) is 17.2 Å². The standard InChI is InChI=1S/C19H21NO3/c1-22-18-10-6-5-9-16(18)13-19(21)20-11-12-23-14-17(20)15-7-3-2-4-8-15/h2-10,17H,11-14H2,1H3. The van der Waals surface area contributed by atoms with Crippen LogP contribution in [0.25, 0.3) is 0 Å². The van der Waals surface area contributed by atoms with Crippen molar-refractivity contribution in [3.8, 4) is 5.75 Å². The molecule has 4 heteroatoms. The van der Waals surface area contributed by atoms with E-state index in [9.17, 15) is 4.79 Å². The lowest BCUT2D eigenvalue weighted by atomic mass is 10.0. The van der Waals surface area contributed by atoms with Crippen LogP contribution in [0.15, 0.2) is 54.6 Å². The zero-order valence-corrected chi connectivity index (χ0v) is 13.3. The van der Waals surface area contributed by atoms with E-state index in [-0.39, 0.29) is 11.9 Å². The molecule has 1 unspecified atom stereocenters. The molecule has 2 aromatic rings. The highest BCUT2D eigenvalue weighted by Crippen LogP contribution is 2.26. The van der Waals surface area contributed by atoms with E-state index in [0.717, 1.165) is 16.9 Å². The summed E-state index contributed by atoms with van der Waals surface area (Å²) in [6, 6.07) is 17.7. The number of carbonyl (C=O) groups is 1. The Kier molecular flexibility index (Phi) is 4.93. The molecule has 3 rings (SSSR count). The van der Waals surface area contributed by atoms with Gasteiger partial charge in [-0.25, -0.2) is 0 Å². The maximum Gasteiger partial charge on any atom is 0.227 e. The predicted molar refractivity (Wildman–Crippen MR) is 88.4 cm³/mol.